The Morgan fingerprint density at radius 1 is 1.05 bits per heavy atom. The topological polar surface area (TPSA) is 66.5 Å². The predicted molar refractivity (Wildman–Crippen MR) is 83.7 cm³/mol. The summed E-state index contributed by atoms with van der Waals surface area (Å²) in [5.41, 5.74) is 7.68. The van der Waals surface area contributed by atoms with Crippen LogP contribution in [0.15, 0.2) is 24.3 Å². The molecule has 0 aliphatic carbocycles. The van der Waals surface area contributed by atoms with E-state index >= 15 is 0 Å². The van der Waals surface area contributed by atoms with Gasteiger partial charge in [0.15, 0.2) is 0 Å². The molecule has 0 saturated carbocycles. The molecule has 114 valence electrons. The van der Waals surface area contributed by atoms with Crippen molar-refractivity contribution >= 4 is 0 Å². The number of aliphatic hydroxyl groups is 2. The van der Waals surface area contributed by atoms with Crippen molar-refractivity contribution in [1.29, 1.82) is 0 Å². The van der Waals surface area contributed by atoms with Crippen LogP contribution in [0.2, 0.25) is 0 Å². The Morgan fingerprint density at radius 2 is 1.55 bits per heavy atom. The maximum Gasteiger partial charge on any atom is 0.0633 e. The van der Waals surface area contributed by atoms with Gasteiger partial charge in [0.2, 0.25) is 0 Å². The molecular weight excluding hydrogens is 250 g/mol. The Morgan fingerprint density at radius 3 is 1.95 bits per heavy atom. The van der Waals surface area contributed by atoms with Crippen molar-refractivity contribution in [3.8, 4) is 0 Å². The smallest absolute Gasteiger partial charge is 0.0633 e. The van der Waals surface area contributed by atoms with E-state index in [2.05, 4.69) is 52.0 Å². The van der Waals surface area contributed by atoms with Crippen molar-refractivity contribution in [2.75, 3.05) is 13.2 Å². The summed E-state index contributed by atoms with van der Waals surface area (Å²) >= 11 is 0. The molecule has 1 aromatic rings. The lowest BCUT2D eigenvalue weighted by Crippen LogP contribution is -2.47. The minimum atomic E-state index is -0.879. The van der Waals surface area contributed by atoms with Crippen LogP contribution in [0.25, 0.3) is 0 Å². The highest BCUT2D eigenvalue weighted by molar-refractivity contribution is 5.28. The van der Waals surface area contributed by atoms with Crippen LogP contribution >= 0.6 is 0 Å². The first-order chi connectivity index (χ1) is 9.25. The molecular formula is C17H29NO2. The number of benzene rings is 1. The predicted octanol–water partition coefficient (Wildman–Crippen LogP) is 2.23. The number of aryl methyl sites for hydroxylation is 1. The van der Waals surface area contributed by atoms with E-state index in [-0.39, 0.29) is 18.6 Å². The van der Waals surface area contributed by atoms with Gasteiger partial charge >= 0.3 is 0 Å². The largest absolute Gasteiger partial charge is 0.394 e. The molecule has 4 N–H and O–H groups in total. The van der Waals surface area contributed by atoms with Gasteiger partial charge in [0.25, 0.3) is 0 Å². The second kappa shape index (κ2) is 6.70. The molecule has 0 bridgehead atoms. The molecule has 0 aliphatic heterocycles. The van der Waals surface area contributed by atoms with Gasteiger partial charge in [-0.1, -0.05) is 52.0 Å². The summed E-state index contributed by atoms with van der Waals surface area (Å²) in [6.07, 6.45) is 1.34. The van der Waals surface area contributed by atoms with Gasteiger partial charge < -0.3 is 15.9 Å². The normalized spacial score (nSPS) is 13.0. The van der Waals surface area contributed by atoms with Gasteiger partial charge in [-0.25, -0.2) is 0 Å². The van der Waals surface area contributed by atoms with E-state index in [1.54, 1.807) is 0 Å². The van der Waals surface area contributed by atoms with Gasteiger partial charge in [-0.2, -0.15) is 0 Å². The third-order valence-electron chi connectivity index (χ3n) is 4.68. The summed E-state index contributed by atoms with van der Waals surface area (Å²) in [7, 11) is 0. The van der Waals surface area contributed by atoms with Crippen LogP contribution < -0.4 is 5.73 Å². The fraction of sp³-hybridized carbons (Fsp3) is 0.647. The minimum Gasteiger partial charge on any atom is -0.394 e. The number of rotatable bonds is 7. The van der Waals surface area contributed by atoms with Crippen molar-refractivity contribution in [2.45, 2.75) is 51.5 Å². The van der Waals surface area contributed by atoms with Crippen molar-refractivity contribution in [3.05, 3.63) is 35.4 Å². The van der Waals surface area contributed by atoms with Gasteiger partial charge in [0.05, 0.1) is 18.8 Å². The van der Waals surface area contributed by atoms with E-state index in [0.29, 0.717) is 12.3 Å². The third kappa shape index (κ3) is 4.05. The zero-order chi connectivity index (χ0) is 15.4. The summed E-state index contributed by atoms with van der Waals surface area (Å²) in [5.74, 6) is 0.578. The Hall–Kier alpha value is -0.900. The fourth-order valence-corrected chi connectivity index (χ4v) is 2.04. The molecule has 3 heteroatoms. The molecule has 0 aliphatic rings. The van der Waals surface area contributed by atoms with Gasteiger partial charge in [-0.15, -0.1) is 0 Å². The van der Waals surface area contributed by atoms with E-state index < -0.39 is 5.54 Å². The molecule has 3 nitrogen and oxygen atoms in total. The SMILES string of the molecule is CC(C)C(C)(C)c1ccc(CCC(N)(CO)CO)cc1. The second-order valence-electron chi connectivity index (χ2n) is 6.75. The highest BCUT2D eigenvalue weighted by Gasteiger charge is 2.25. The lowest BCUT2D eigenvalue weighted by molar-refractivity contribution is 0.115. The van der Waals surface area contributed by atoms with Crippen molar-refractivity contribution in [1.82, 2.24) is 0 Å². The molecule has 0 unspecified atom stereocenters. The second-order valence-corrected chi connectivity index (χ2v) is 6.75. The Bertz CT molecular complexity index is 406. The maximum absolute atomic E-state index is 9.19. The Labute approximate surface area is 122 Å². The third-order valence-corrected chi connectivity index (χ3v) is 4.68. The monoisotopic (exact) mass is 279 g/mol. The number of nitrogens with two attached hydrogens (primary N) is 1. The zero-order valence-electron chi connectivity index (χ0n) is 13.2. The molecule has 0 aromatic heterocycles. The zero-order valence-corrected chi connectivity index (χ0v) is 13.2. The average Bonchev–Trinajstić information content (AvgIpc) is 2.45. The standard InChI is InChI=1S/C17H29NO2/c1-13(2)16(3,4)15-7-5-14(6-8-15)9-10-17(18,11-19)12-20/h5-8,13,19-20H,9-12,18H2,1-4H3. The summed E-state index contributed by atoms with van der Waals surface area (Å²) in [6, 6.07) is 8.58. The molecule has 0 amide bonds. The molecule has 0 heterocycles. The van der Waals surface area contributed by atoms with E-state index in [1.807, 2.05) is 0 Å². The molecule has 0 fully saturated rings. The molecule has 0 radical (unpaired) electrons. The molecule has 0 atom stereocenters. The summed E-state index contributed by atoms with van der Waals surface area (Å²) in [5, 5.41) is 18.4. The van der Waals surface area contributed by atoms with Crippen LogP contribution in [0.3, 0.4) is 0 Å². The van der Waals surface area contributed by atoms with Crippen molar-refractivity contribution in [2.24, 2.45) is 11.7 Å². The number of aliphatic hydroxyl groups excluding tert-OH is 2. The highest BCUT2D eigenvalue weighted by Crippen LogP contribution is 2.31. The molecule has 0 saturated heterocycles. The van der Waals surface area contributed by atoms with Crippen molar-refractivity contribution in [3.63, 3.8) is 0 Å². The molecule has 20 heavy (non-hydrogen) atoms. The minimum absolute atomic E-state index is 0.159. The number of hydrogen-bond donors (Lipinski definition) is 3. The van der Waals surface area contributed by atoms with Gasteiger partial charge in [0, 0.05) is 0 Å². The maximum atomic E-state index is 9.19. The van der Waals surface area contributed by atoms with Crippen LogP contribution in [0.4, 0.5) is 0 Å². The van der Waals surface area contributed by atoms with Crippen LogP contribution in [-0.4, -0.2) is 29.0 Å². The van der Waals surface area contributed by atoms with Crippen LogP contribution in [0.5, 0.6) is 0 Å². The van der Waals surface area contributed by atoms with Crippen molar-refractivity contribution < 1.29 is 10.2 Å². The molecule has 1 rings (SSSR count). The lowest BCUT2D eigenvalue weighted by atomic mass is 9.75. The van der Waals surface area contributed by atoms with Crippen LogP contribution in [0.1, 0.15) is 45.2 Å². The van der Waals surface area contributed by atoms with E-state index in [4.69, 9.17) is 5.73 Å². The fourth-order valence-electron chi connectivity index (χ4n) is 2.04. The quantitative estimate of drug-likeness (QED) is 0.717. The Kier molecular flexibility index (Phi) is 5.75. The lowest BCUT2D eigenvalue weighted by Gasteiger charge is -2.30. The van der Waals surface area contributed by atoms with Crippen LogP contribution in [0, 0.1) is 5.92 Å². The van der Waals surface area contributed by atoms with E-state index in [9.17, 15) is 10.2 Å². The van der Waals surface area contributed by atoms with Gasteiger partial charge in [-0.05, 0) is 35.3 Å². The summed E-state index contributed by atoms with van der Waals surface area (Å²) < 4.78 is 0. The first-order valence-corrected chi connectivity index (χ1v) is 7.35. The summed E-state index contributed by atoms with van der Waals surface area (Å²) in [6.45, 7) is 8.60. The average molecular weight is 279 g/mol. The molecule has 1 aromatic carbocycles. The van der Waals surface area contributed by atoms with Gasteiger partial charge in [0.1, 0.15) is 0 Å². The number of hydrogen-bond acceptors (Lipinski definition) is 3. The van der Waals surface area contributed by atoms with E-state index in [0.717, 1.165) is 6.42 Å². The van der Waals surface area contributed by atoms with Gasteiger partial charge in [-0.3, -0.25) is 0 Å². The highest BCUT2D eigenvalue weighted by atomic mass is 16.3. The summed E-state index contributed by atoms with van der Waals surface area (Å²) in [4.78, 5) is 0. The van der Waals surface area contributed by atoms with Crippen LogP contribution in [-0.2, 0) is 11.8 Å². The first-order valence-electron chi connectivity index (χ1n) is 7.35. The Balaban J connectivity index is 2.73. The first kappa shape index (κ1) is 17.2. The van der Waals surface area contributed by atoms with E-state index in [1.165, 1.54) is 11.1 Å². The molecule has 0 spiro atoms.